The van der Waals surface area contributed by atoms with Crippen molar-refractivity contribution in [1.29, 1.82) is 0 Å². The van der Waals surface area contributed by atoms with E-state index in [1.165, 1.54) is 9.80 Å². The number of aromatic nitrogens is 2. The molecule has 0 atom stereocenters. The fraction of sp³-hybridized carbons (Fsp3) is 0.500. The number of carbonyl (C=O) groups excluding carboxylic acids is 2. The zero-order valence-corrected chi connectivity index (χ0v) is 12.2. The second kappa shape index (κ2) is 6.47. The fourth-order valence-electron chi connectivity index (χ4n) is 1.44. The van der Waals surface area contributed by atoms with Crippen molar-refractivity contribution < 1.29 is 9.59 Å². The van der Waals surface area contributed by atoms with E-state index in [0.29, 0.717) is 12.2 Å². The molecule has 104 valence electrons. The molecule has 2 amide bonds. The van der Waals surface area contributed by atoms with Crippen molar-refractivity contribution in [3.63, 3.8) is 0 Å². The first-order valence-corrected chi connectivity index (χ1v) is 6.23. The smallest absolute Gasteiger partial charge is 0.273 e. The van der Waals surface area contributed by atoms with Crippen LogP contribution in [0.4, 0.5) is 0 Å². The summed E-state index contributed by atoms with van der Waals surface area (Å²) in [5.41, 5.74) is 0.809. The van der Waals surface area contributed by atoms with E-state index in [-0.39, 0.29) is 29.3 Å². The lowest BCUT2D eigenvalue weighted by molar-refractivity contribution is -0.129. The number of likely N-dealkylation sites (N-methyl/N-ethyl adjacent to an activating group) is 2. The van der Waals surface area contributed by atoms with Crippen LogP contribution in [0.25, 0.3) is 0 Å². The standard InChI is InChI=1S/C12H17ClN4O2/c1-5-17(7-10(18)16(3)4)11(19)9-6-8(2)14-12(13)15-9/h6H,5,7H2,1-4H3. The molecule has 0 aromatic carbocycles. The summed E-state index contributed by atoms with van der Waals surface area (Å²) in [5, 5.41) is 0.0262. The molecule has 0 aliphatic heterocycles. The van der Waals surface area contributed by atoms with Crippen molar-refractivity contribution in [1.82, 2.24) is 19.8 Å². The van der Waals surface area contributed by atoms with Gasteiger partial charge in [-0.1, -0.05) is 0 Å². The predicted molar refractivity (Wildman–Crippen MR) is 72.1 cm³/mol. The lowest BCUT2D eigenvalue weighted by atomic mass is 10.3. The number of hydrogen-bond donors (Lipinski definition) is 0. The fourth-order valence-corrected chi connectivity index (χ4v) is 1.66. The van der Waals surface area contributed by atoms with Crippen LogP contribution in [0.2, 0.25) is 5.28 Å². The van der Waals surface area contributed by atoms with Crippen LogP contribution in [-0.4, -0.2) is 58.8 Å². The quantitative estimate of drug-likeness (QED) is 0.773. The Hall–Kier alpha value is -1.69. The number of halogens is 1. The Kier molecular flexibility index (Phi) is 5.23. The van der Waals surface area contributed by atoms with Gasteiger partial charge < -0.3 is 9.80 Å². The van der Waals surface area contributed by atoms with Crippen LogP contribution >= 0.6 is 11.6 Å². The third kappa shape index (κ3) is 4.17. The molecule has 0 saturated heterocycles. The molecule has 1 aromatic heterocycles. The average molecular weight is 285 g/mol. The van der Waals surface area contributed by atoms with Gasteiger partial charge in [0.1, 0.15) is 12.2 Å². The lowest BCUT2D eigenvalue weighted by Gasteiger charge is -2.22. The Morgan fingerprint density at radius 2 is 1.95 bits per heavy atom. The van der Waals surface area contributed by atoms with Gasteiger partial charge in [-0.15, -0.1) is 0 Å². The third-order valence-corrected chi connectivity index (χ3v) is 2.71. The molecule has 0 saturated carbocycles. The van der Waals surface area contributed by atoms with Crippen molar-refractivity contribution in [3.8, 4) is 0 Å². The summed E-state index contributed by atoms with van der Waals surface area (Å²) in [6.07, 6.45) is 0. The van der Waals surface area contributed by atoms with E-state index in [1.807, 2.05) is 0 Å². The second-order valence-corrected chi connectivity index (χ2v) is 4.61. The topological polar surface area (TPSA) is 66.4 Å². The molecule has 0 fully saturated rings. The van der Waals surface area contributed by atoms with Crippen molar-refractivity contribution in [2.45, 2.75) is 13.8 Å². The molecule has 7 heteroatoms. The highest BCUT2D eigenvalue weighted by molar-refractivity contribution is 6.28. The summed E-state index contributed by atoms with van der Waals surface area (Å²) in [4.78, 5) is 34.5. The maximum Gasteiger partial charge on any atom is 0.273 e. The molecule has 1 heterocycles. The van der Waals surface area contributed by atoms with Gasteiger partial charge in [0.05, 0.1) is 0 Å². The molecule has 0 aliphatic rings. The van der Waals surface area contributed by atoms with Gasteiger partial charge in [0.15, 0.2) is 0 Å². The molecule has 0 aliphatic carbocycles. The molecule has 0 spiro atoms. The van der Waals surface area contributed by atoms with E-state index in [0.717, 1.165) is 0 Å². The van der Waals surface area contributed by atoms with Gasteiger partial charge in [0.2, 0.25) is 11.2 Å². The maximum atomic E-state index is 12.2. The first-order valence-electron chi connectivity index (χ1n) is 5.85. The highest BCUT2D eigenvalue weighted by atomic mass is 35.5. The van der Waals surface area contributed by atoms with E-state index in [9.17, 15) is 9.59 Å². The molecular formula is C12H17ClN4O2. The largest absolute Gasteiger partial charge is 0.347 e. The van der Waals surface area contributed by atoms with Crippen LogP contribution in [0, 0.1) is 6.92 Å². The minimum atomic E-state index is -0.329. The van der Waals surface area contributed by atoms with Gasteiger partial charge >= 0.3 is 0 Å². The molecule has 0 radical (unpaired) electrons. The molecule has 0 bridgehead atoms. The van der Waals surface area contributed by atoms with Crippen LogP contribution in [0.1, 0.15) is 23.1 Å². The van der Waals surface area contributed by atoms with Crippen molar-refractivity contribution in [3.05, 3.63) is 22.7 Å². The molecule has 6 nitrogen and oxygen atoms in total. The second-order valence-electron chi connectivity index (χ2n) is 4.27. The van der Waals surface area contributed by atoms with Gasteiger partial charge in [0.25, 0.3) is 5.91 Å². The average Bonchev–Trinajstić information content (AvgIpc) is 2.33. The monoisotopic (exact) mass is 284 g/mol. The van der Waals surface area contributed by atoms with Gasteiger partial charge in [-0.3, -0.25) is 9.59 Å². The summed E-state index contributed by atoms with van der Waals surface area (Å²) in [7, 11) is 3.29. The Morgan fingerprint density at radius 3 is 2.42 bits per heavy atom. The minimum absolute atomic E-state index is 0.0169. The van der Waals surface area contributed by atoms with Gasteiger partial charge in [0, 0.05) is 26.3 Å². The molecule has 1 aromatic rings. The Bertz CT molecular complexity index is 470. The number of carbonyl (C=O) groups is 2. The van der Waals surface area contributed by atoms with E-state index < -0.39 is 0 Å². The van der Waals surface area contributed by atoms with E-state index in [1.54, 1.807) is 34.0 Å². The summed E-state index contributed by atoms with van der Waals surface area (Å²) in [6.45, 7) is 3.96. The van der Waals surface area contributed by atoms with Gasteiger partial charge in [-0.05, 0) is 31.5 Å². The Labute approximate surface area is 117 Å². The number of aryl methyl sites for hydroxylation is 1. The predicted octanol–water partition coefficient (Wildman–Crippen LogP) is 0.989. The molecule has 19 heavy (non-hydrogen) atoms. The Balaban J connectivity index is 2.92. The van der Waals surface area contributed by atoms with Gasteiger partial charge in [-0.25, -0.2) is 9.97 Å². The summed E-state index contributed by atoms with van der Waals surface area (Å²) >= 11 is 5.73. The number of amides is 2. The highest BCUT2D eigenvalue weighted by Crippen LogP contribution is 2.08. The summed E-state index contributed by atoms with van der Waals surface area (Å²) < 4.78 is 0. The van der Waals surface area contributed by atoms with Crippen molar-refractivity contribution >= 4 is 23.4 Å². The van der Waals surface area contributed by atoms with Crippen LogP contribution in [0.5, 0.6) is 0 Å². The Morgan fingerprint density at radius 1 is 1.32 bits per heavy atom. The first kappa shape index (κ1) is 15.4. The zero-order chi connectivity index (χ0) is 14.6. The maximum absolute atomic E-state index is 12.2. The lowest BCUT2D eigenvalue weighted by Crippen LogP contribution is -2.40. The van der Waals surface area contributed by atoms with Crippen LogP contribution in [-0.2, 0) is 4.79 Å². The highest BCUT2D eigenvalue weighted by Gasteiger charge is 2.20. The number of nitrogens with zero attached hydrogens (tertiary/aromatic N) is 4. The van der Waals surface area contributed by atoms with Crippen molar-refractivity contribution in [2.24, 2.45) is 0 Å². The molecule has 0 unspecified atom stereocenters. The van der Waals surface area contributed by atoms with E-state index >= 15 is 0 Å². The first-order chi connectivity index (χ1) is 8.85. The SMILES string of the molecule is CCN(CC(=O)N(C)C)C(=O)c1cc(C)nc(Cl)n1. The molecular weight excluding hydrogens is 268 g/mol. The normalized spacial score (nSPS) is 10.2. The van der Waals surface area contributed by atoms with Gasteiger partial charge in [-0.2, -0.15) is 0 Å². The van der Waals surface area contributed by atoms with Crippen LogP contribution in [0.3, 0.4) is 0 Å². The van der Waals surface area contributed by atoms with E-state index in [4.69, 9.17) is 11.6 Å². The number of hydrogen-bond acceptors (Lipinski definition) is 4. The molecule has 1 rings (SSSR count). The van der Waals surface area contributed by atoms with Crippen molar-refractivity contribution in [2.75, 3.05) is 27.2 Å². The van der Waals surface area contributed by atoms with Crippen LogP contribution < -0.4 is 0 Å². The zero-order valence-electron chi connectivity index (χ0n) is 11.5. The number of rotatable bonds is 4. The third-order valence-electron chi connectivity index (χ3n) is 2.54. The molecule has 0 N–H and O–H groups in total. The van der Waals surface area contributed by atoms with Crippen LogP contribution in [0.15, 0.2) is 6.07 Å². The summed E-state index contributed by atoms with van der Waals surface area (Å²) in [6, 6.07) is 1.55. The minimum Gasteiger partial charge on any atom is -0.347 e. The summed E-state index contributed by atoms with van der Waals surface area (Å²) in [5.74, 6) is -0.475. The van der Waals surface area contributed by atoms with E-state index in [2.05, 4.69) is 9.97 Å².